The molecule has 0 saturated heterocycles. The maximum absolute atomic E-state index is 5.59. The van der Waals surface area contributed by atoms with Gasteiger partial charge in [-0.25, -0.2) is 15.0 Å². The molecule has 2 heterocycles. The molecule has 0 aliphatic heterocycles. The van der Waals surface area contributed by atoms with Crippen molar-refractivity contribution in [1.82, 2.24) is 15.0 Å². The predicted octanol–water partition coefficient (Wildman–Crippen LogP) is 2.87. The third-order valence-corrected chi connectivity index (χ3v) is 4.13. The number of fused-ring (bicyclic) bond motifs is 1. The number of aromatic nitrogens is 3. The Bertz CT molecular complexity index is 652. The van der Waals surface area contributed by atoms with Crippen molar-refractivity contribution in [2.24, 2.45) is 5.41 Å². The molecule has 0 radical (unpaired) electrons. The summed E-state index contributed by atoms with van der Waals surface area (Å²) in [6.45, 7) is 8.61. The van der Waals surface area contributed by atoms with Crippen LogP contribution in [0.25, 0.3) is 11.0 Å². The van der Waals surface area contributed by atoms with E-state index in [1.54, 1.807) is 6.33 Å². The molecule has 5 nitrogen and oxygen atoms in total. The van der Waals surface area contributed by atoms with Crippen LogP contribution in [0, 0.1) is 19.3 Å². The van der Waals surface area contributed by atoms with Gasteiger partial charge >= 0.3 is 0 Å². The highest BCUT2D eigenvalue weighted by Gasteiger charge is 2.42. The molecule has 3 rings (SSSR count). The first-order chi connectivity index (χ1) is 10.1. The van der Waals surface area contributed by atoms with Crippen LogP contribution >= 0.6 is 0 Å². The third-order valence-electron chi connectivity index (χ3n) is 4.13. The van der Waals surface area contributed by atoms with Crippen molar-refractivity contribution in [2.45, 2.75) is 33.6 Å². The Morgan fingerprint density at radius 1 is 1.29 bits per heavy atom. The van der Waals surface area contributed by atoms with Gasteiger partial charge in [0.25, 0.3) is 0 Å². The highest BCUT2D eigenvalue weighted by Crippen LogP contribution is 2.46. The Balaban J connectivity index is 1.81. The minimum atomic E-state index is 0.291. The predicted molar refractivity (Wildman–Crippen MR) is 83.5 cm³/mol. The lowest BCUT2D eigenvalue weighted by Gasteiger charge is -2.17. The fourth-order valence-electron chi connectivity index (χ4n) is 2.68. The average molecular weight is 286 g/mol. The number of nitrogens with zero attached hydrogens (tertiary/aromatic N) is 3. The van der Waals surface area contributed by atoms with Crippen molar-refractivity contribution in [1.29, 1.82) is 0 Å². The van der Waals surface area contributed by atoms with Gasteiger partial charge in [0.15, 0.2) is 5.65 Å². The van der Waals surface area contributed by atoms with Gasteiger partial charge in [-0.1, -0.05) is 0 Å². The van der Waals surface area contributed by atoms with Crippen LogP contribution in [0.1, 0.15) is 31.0 Å². The molecule has 2 aromatic heterocycles. The lowest BCUT2D eigenvalue weighted by atomic mass is 10.1. The highest BCUT2D eigenvalue weighted by molar-refractivity contribution is 5.89. The molecule has 0 bridgehead atoms. The summed E-state index contributed by atoms with van der Waals surface area (Å²) < 4.78 is 5.59. The van der Waals surface area contributed by atoms with Gasteiger partial charge in [-0.3, -0.25) is 0 Å². The van der Waals surface area contributed by atoms with Gasteiger partial charge < -0.3 is 10.1 Å². The lowest BCUT2D eigenvalue weighted by Crippen LogP contribution is -2.21. The number of ether oxygens (including phenoxy) is 1. The van der Waals surface area contributed by atoms with Crippen molar-refractivity contribution in [3.63, 3.8) is 0 Å². The number of aryl methyl sites for hydroxylation is 2. The number of hydrogen-bond acceptors (Lipinski definition) is 5. The maximum Gasteiger partial charge on any atom is 0.165 e. The summed E-state index contributed by atoms with van der Waals surface area (Å²) in [6, 6.07) is 2.07. The number of hydrogen-bond donors (Lipinski definition) is 1. The smallest absolute Gasteiger partial charge is 0.165 e. The maximum atomic E-state index is 5.59. The van der Waals surface area contributed by atoms with Gasteiger partial charge in [0.2, 0.25) is 0 Å². The minimum Gasteiger partial charge on any atom is -0.381 e. The van der Waals surface area contributed by atoms with E-state index in [-0.39, 0.29) is 0 Å². The van der Waals surface area contributed by atoms with Crippen molar-refractivity contribution in [2.75, 3.05) is 25.1 Å². The standard InChI is InChI=1S/C16H22N4O/c1-4-21-9-16(5-6-16)8-17-14-13-11(2)7-12(3)20-15(13)19-10-18-14/h7,10H,4-6,8-9H2,1-3H3,(H,17,18,19,20). The molecule has 1 aliphatic rings. The van der Waals surface area contributed by atoms with E-state index in [1.165, 1.54) is 12.8 Å². The summed E-state index contributed by atoms with van der Waals surface area (Å²) in [5.74, 6) is 0.882. The monoisotopic (exact) mass is 286 g/mol. The summed E-state index contributed by atoms with van der Waals surface area (Å²) in [5, 5.41) is 4.51. The molecule has 5 heteroatoms. The Morgan fingerprint density at radius 2 is 2.10 bits per heavy atom. The van der Waals surface area contributed by atoms with Crippen LogP contribution in [0.15, 0.2) is 12.4 Å². The Morgan fingerprint density at radius 3 is 2.81 bits per heavy atom. The Labute approximate surface area is 125 Å². The van der Waals surface area contributed by atoms with E-state index < -0.39 is 0 Å². The summed E-state index contributed by atoms with van der Waals surface area (Å²) in [4.78, 5) is 13.2. The van der Waals surface area contributed by atoms with Gasteiger partial charge in [-0.2, -0.15) is 0 Å². The average Bonchev–Trinajstić information content (AvgIpc) is 3.23. The second-order valence-corrected chi connectivity index (χ2v) is 5.99. The van der Waals surface area contributed by atoms with E-state index in [1.807, 2.05) is 13.8 Å². The van der Waals surface area contributed by atoms with Gasteiger partial charge in [-0.05, 0) is 45.2 Å². The van der Waals surface area contributed by atoms with E-state index in [2.05, 4.69) is 33.3 Å². The van der Waals surface area contributed by atoms with Crippen molar-refractivity contribution >= 4 is 16.9 Å². The van der Waals surface area contributed by atoms with Gasteiger partial charge in [0.05, 0.1) is 12.0 Å². The summed E-state index contributed by atoms with van der Waals surface area (Å²) in [5.41, 5.74) is 3.20. The van der Waals surface area contributed by atoms with Crippen LogP contribution in [0.5, 0.6) is 0 Å². The molecule has 0 spiro atoms. The minimum absolute atomic E-state index is 0.291. The van der Waals surface area contributed by atoms with Crippen LogP contribution in [-0.2, 0) is 4.74 Å². The van der Waals surface area contributed by atoms with Crippen LogP contribution < -0.4 is 5.32 Å². The molecule has 2 aromatic rings. The molecule has 112 valence electrons. The highest BCUT2D eigenvalue weighted by atomic mass is 16.5. The fourth-order valence-corrected chi connectivity index (χ4v) is 2.68. The molecule has 1 aliphatic carbocycles. The Hall–Kier alpha value is -1.75. The van der Waals surface area contributed by atoms with E-state index in [9.17, 15) is 0 Å². The van der Waals surface area contributed by atoms with Crippen molar-refractivity contribution in [3.05, 3.63) is 23.7 Å². The molecule has 1 saturated carbocycles. The quantitative estimate of drug-likeness (QED) is 0.884. The third kappa shape index (κ3) is 2.97. The number of anilines is 1. The second kappa shape index (κ2) is 5.56. The SMILES string of the molecule is CCOCC1(CNc2ncnc3nc(C)cc(C)c23)CC1. The van der Waals surface area contributed by atoms with E-state index >= 15 is 0 Å². The largest absolute Gasteiger partial charge is 0.381 e. The first-order valence-corrected chi connectivity index (χ1v) is 7.54. The molecule has 0 unspecified atom stereocenters. The van der Waals surface area contributed by atoms with E-state index in [4.69, 9.17) is 4.74 Å². The van der Waals surface area contributed by atoms with E-state index in [0.29, 0.717) is 5.41 Å². The number of nitrogens with one attached hydrogen (secondary N) is 1. The Kier molecular flexibility index (Phi) is 3.76. The van der Waals surface area contributed by atoms with Gasteiger partial charge in [-0.15, -0.1) is 0 Å². The molecule has 1 N–H and O–H groups in total. The summed E-state index contributed by atoms with van der Waals surface area (Å²) in [6.07, 6.45) is 4.03. The number of pyridine rings is 1. The molecular formula is C16H22N4O. The second-order valence-electron chi connectivity index (χ2n) is 5.99. The topological polar surface area (TPSA) is 59.9 Å². The fraction of sp³-hybridized carbons (Fsp3) is 0.562. The molecule has 0 atom stereocenters. The summed E-state index contributed by atoms with van der Waals surface area (Å²) in [7, 11) is 0. The van der Waals surface area contributed by atoms with Gasteiger partial charge in [0.1, 0.15) is 12.1 Å². The normalized spacial score (nSPS) is 16.1. The van der Waals surface area contributed by atoms with Gasteiger partial charge in [0, 0.05) is 24.3 Å². The zero-order valence-electron chi connectivity index (χ0n) is 12.9. The van der Waals surface area contributed by atoms with E-state index in [0.717, 1.165) is 47.9 Å². The van der Waals surface area contributed by atoms with Crippen molar-refractivity contribution < 1.29 is 4.74 Å². The van der Waals surface area contributed by atoms with Crippen LogP contribution in [0.3, 0.4) is 0 Å². The molecule has 0 aromatic carbocycles. The van der Waals surface area contributed by atoms with Crippen molar-refractivity contribution in [3.8, 4) is 0 Å². The first-order valence-electron chi connectivity index (χ1n) is 7.54. The molecule has 21 heavy (non-hydrogen) atoms. The first kappa shape index (κ1) is 14.2. The van der Waals surface area contributed by atoms with Crippen LogP contribution in [0.4, 0.5) is 5.82 Å². The molecular weight excluding hydrogens is 264 g/mol. The molecule has 0 amide bonds. The summed E-state index contributed by atoms with van der Waals surface area (Å²) >= 11 is 0. The van der Waals surface area contributed by atoms with Crippen LogP contribution in [-0.4, -0.2) is 34.7 Å². The number of rotatable bonds is 6. The lowest BCUT2D eigenvalue weighted by molar-refractivity contribution is 0.105. The zero-order chi connectivity index (χ0) is 14.9. The zero-order valence-corrected chi connectivity index (χ0v) is 12.9. The molecule has 1 fully saturated rings. The van der Waals surface area contributed by atoms with Crippen LogP contribution in [0.2, 0.25) is 0 Å².